The maximum Gasteiger partial charge on any atom is 0.239 e. The monoisotopic (exact) mass is 318 g/mol. The molecule has 0 aromatic carbocycles. The Morgan fingerprint density at radius 3 is 2.76 bits per heavy atom. The number of amides is 1. The van der Waals surface area contributed by atoms with Crippen LogP contribution < -0.4 is 5.32 Å². The number of nitrogens with zero attached hydrogens (tertiary/aromatic N) is 1. The lowest BCUT2D eigenvalue weighted by Crippen LogP contribution is -2.26. The Bertz CT molecular complexity index is 347. The summed E-state index contributed by atoms with van der Waals surface area (Å²) in [5.74, 6) is 1.87. The molecule has 2 bridgehead atoms. The van der Waals surface area contributed by atoms with Crippen LogP contribution in [-0.4, -0.2) is 22.4 Å². The maximum atomic E-state index is 11.5. The summed E-state index contributed by atoms with van der Waals surface area (Å²) in [6, 6.07) is 0.497. The molecule has 0 radical (unpaired) electrons. The van der Waals surface area contributed by atoms with E-state index in [1.165, 1.54) is 25.7 Å². The van der Waals surface area contributed by atoms with Crippen LogP contribution in [0.25, 0.3) is 0 Å². The molecule has 1 N–H and O–H groups in total. The van der Waals surface area contributed by atoms with Crippen molar-refractivity contribution >= 4 is 39.8 Å². The molecule has 0 aromatic heterocycles. The molecule has 2 aliphatic carbocycles. The van der Waals surface area contributed by atoms with E-state index in [4.69, 9.17) is 4.99 Å². The lowest BCUT2D eigenvalue weighted by molar-refractivity contribution is -0.118. The fraction of sp³-hybridized carbons (Fsp3) is 0.833. The molecule has 1 saturated heterocycles. The second kappa shape index (κ2) is 5.31. The van der Waals surface area contributed by atoms with Gasteiger partial charge >= 0.3 is 0 Å². The van der Waals surface area contributed by atoms with Crippen molar-refractivity contribution in [2.24, 2.45) is 16.8 Å². The van der Waals surface area contributed by atoms with E-state index >= 15 is 0 Å². The quantitative estimate of drug-likeness (QED) is 0.850. The molecule has 5 heteroatoms. The summed E-state index contributed by atoms with van der Waals surface area (Å²) in [5.41, 5.74) is 0. The van der Waals surface area contributed by atoms with Crippen LogP contribution in [0.1, 0.15) is 39.0 Å². The molecule has 1 heterocycles. The summed E-state index contributed by atoms with van der Waals surface area (Å²) in [4.78, 5) is 16.3. The summed E-state index contributed by atoms with van der Waals surface area (Å²) in [5, 5.41) is 3.89. The predicted molar refractivity (Wildman–Crippen MR) is 76.8 cm³/mol. The number of rotatable bonds is 2. The Kier molecular flexibility index (Phi) is 4.18. The molecule has 0 aromatic rings. The molecule has 3 nitrogen and oxygen atoms in total. The van der Waals surface area contributed by atoms with Gasteiger partial charge in [-0.15, -0.1) is 17.0 Å². The third-order valence-electron chi connectivity index (χ3n) is 4.13. The van der Waals surface area contributed by atoms with E-state index in [9.17, 15) is 4.79 Å². The van der Waals surface area contributed by atoms with Crippen molar-refractivity contribution in [3.63, 3.8) is 0 Å². The van der Waals surface area contributed by atoms with Gasteiger partial charge < -0.3 is 5.32 Å². The number of hydrogen-bond acceptors (Lipinski definition) is 3. The second-order valence-corrected chi connectivity index (χ2v) is 6.37. The SMILES string of the molecule is Br.CCC1SC(=NC2CC3CCC2C3)NC1=O. The summed E-state index contributed by atoms with van der Waals surface area (Å²) in [6.45, 7) is 2.05. The van der Waals surface area contributed by atoms with Crippen molar-refractivity contribution in [3.8, 4) is 0 Å². The molecule has 4 atom stereocenters. The van der Waals surface area contributed by atoms with Crippen LogP contribution >= 0.6 is 28.7 Å². The summed E-state index contributed by atoms with van der Waals surface area (Å²) in [7, 11) is 0. The van der Waals surface area contributed by atoms with Gasteiger partial charge in [0.15, 0.2) is 5.17 Å². The van der Waals surface area contributed by atoms with E-state index in [-0.39, 0.29) is 28.1 Å². The van der Waals surface area contributed by atoms with Gasteiger partial charge in [0.05, 0.1) is 11.3 Å². The molecule has 1 aliphatic heterocycles. The molecule has 0 spiro atoms. The largest absolute Gasteiger partial charge is 0.304 e. The van der Waals surface area contributed by atoms with Gasteiger partial charge in [-0.1, -0.05) is 25.1 Å². The van der Waals surface area contributed by atoms with Gasteiger partial charge in [0, 0.05) is 0 Å². The first-order valence-corrected chi connectivity index (χ1v) is 7.19. The highest BCUT2D eigenvalue weighted by molar-refractivity contribution is 8.93. The number of halogens is 1. The molecule has 17 heavy (non-hydrogen) atoms. The first-order chi connectivity index (χ1) is 7.76. The minimum atomic E-state index is 0. The second-order valence-electron chi connectivity index (χ2n) is 5.18. The van der Waals surface area contributed by atoms with Crippen molar-refractivity contribution in [2.75, 3.05) is 0 Å². The van der Waals surface area contributed by atoms with Crippen LogP contribution in [0, 0.1) is 11.8 Å². The molecule has 3 fully saturated rings. The van der Waals surface area contributed by atoms with Crippen LogP contribution in [0.2, 0.25) is 0 Å². The summed E-state index contributed by atoms with van der Waals surface area (Å²) >= 11 is 1.62. The number of nitrogens with one attached hydrogen (secondary N) is 1. The Hall–Kier alpha value is -0.0300. The van der Waals surface area contributed by atoms with Gasteiger partial charge in [-0.05, 0) is 37.5 Å². The average Bonchev–Trinajstić information content (AvgIpc) is 2.93. The molecule has 96 valence electrons. The zero-order valence-corrected chi connectivity index (χ0v) is 12.5. The number of thioether (sulfide) groups is 1. The smallest absolute Gasteiger partial charge is 0.239 e. The zero-order chi connectivity index (χ0) is 11.1. The third kappa shape index (κ3) is 2.55. The van der Waals surface area contributed by atoms with Crippen molar-refractivity contribution in [1.29, 1.82) is 0 Å². The molecule has 2 saturated carbocycles. The zero-order valence-electron chi connectivity index (χ0n) is 10.0. The molecule has 3 aliphatic rings. The number of carbonyl (C=O) groups is 1. The summed E-state index contributed by atoms with van der Waals surface area (Å²) < 4.78 is 0. The first-order valence-electron chi connectivity index (χ1n) is 6.31. The molecule has 1 amide bonds. The van der Waals surface area contributed by atoms with Gasteiger partial charge in [-0.25, -0.2) is 0 Å². The molecule has 3 rings (SSSR count). The van der Waals surface area contributed by atoms with Gasteiger partial charge in [0.2, 0.25) is 5.91 Å². The van der Waals surface area contributed by atoms with Gasteiger partial charge in [-0.2, -0.15) is 0 Å². The number of hydrogen-bond donors (Lipinski definition) is 1. The number of carbonyl (C=O) groups excluding carboxylic acids is 1. The molecular formula is C12H19BrN2OS. The van der Waals surface area contributed by atoms with Gasteiger partial charge in [0.25, 0.3) is 0 Å². The van der Waals surface area contributed by atoms with Crippen LogP contribution in [0.3, 0.4) is 0 Å². The Morgan fingerprint density at radius 1 is 1.41 bits per heavy atom. The predicted octanol–water partition coefficient (Wildman–Crippen LogP) is 2.75. The summed E-state index contributed by atoms with van der Waals surface area (Å²) in [6.07, 6.45) is 6.27. The standard InChI is InChI=1S/C12H18N2OS.BrH/c1-2-10-11(15)14-12(16-10)13-9-6-7-3-4-8(9)5-7;/h7-10H,2-6H2,1H3,(H,13,14,15);1H. The van der Waals surface area contributed by atoms with Crippen molar-refractivity contribution in [1.82, 2.24) is 5.32 Å². The minimum absolute atomic E-state index is 0. The topological polar surface area (TPSA) is 41.5 Å². The van der Waals surface area contributed by atoms with E-state index in [0.717, 1.165) is 23.4 Å². The van der Waals surface area contributed by atoms with Crippen LogP contribution in [0.4, 0.5) is 0 Å². The number of amidine groups is 1. The van der Waals surface area contributed by atoms with Crippen LogP contribution in [-0.2, 0) is 4.79 Å². The van der Waals surface area contributed by atoms with E-state index < -0.39 is 0 Å². The Morgan fingerprint density at radius 2 is 2.24 bits per heavy atom. The van der Waals surface area contributed by atoms with E-state index in [1.54, 1.807) is 11.8 Å². The van der Waals surface area contributed by atoms with Crippen LogP contribution in [0.5, 0.6) is 0 Å². The lowest BCUT2D eigenvalue weighted by Gasteiger charge is -2.17. The van der Waals surface area contributed by atoms with Gasteiger partial charge in [-0.3, -0.25) is 9.79 Å². The average molecular weight is 319 g/mol. The number of fused-ring (bicyclic) bond motifs is 2. The maximum absolute atomic E-state index is 11.5. The van der Waals surface area contributed by atoms with E-state index in [0.29, 0.717) is 6.04 Å². The Labute approximate surface area is 117 Å². The van der Waals surface area contributed by atoms with E-state index in [2.05, 4.69) is 12.2 Å². The number of aliphatic imine (C=N–C) groups is 1. The van der Waals surface area contributed by atoms with E-state index in [1.807, 2.05) is 0 Å². The normalized spacial score (nSPS) is 41.7. The minimum Gasteiger partial charge on any atom is -0.304 e. The third-order valence-corrected chi connectivity index (χ3v) is 5.39. The molecule has 4 unspecified atom stereocenters. The fourth-order valence-corrected chi connectivity index (χ4v) is 4.21. The highest BCUT2D eigenvalue weighted by Gasteiger charge is 2.40. The first kappa shape index (κ1) is 13.4. The van der Waals surface area contributed by atoms with Crippen molar-refractivity contribution < 1.29 is 4.79 Å². The molecular weight excluding hydrogens is 300 g/mol. The fourth-order valence-electron chi connectivity index (χ4n) is 3.25. The lowest BCUT2D eigenvalue weighted by atomic mass is 9.96. The highest BCUT2D eigenvalue weighted by atomic mass is 79.9. The van der Waals surface area contributed by atoms with Crippen molar-refractivity contribution in [2.45, 2.75) is 50.3 Å². The van der Waals surface area contributed by atoms with Gasteiger partial charge in [0.1, 0.15) is 0 Å². The van der Waals surface area contributed by atoms with Crippen LogP contribution in [0.15, 0.2) is 4.99 Å². The van der Waals surface area contributed by atoms with Crippen molar-refractivity contribution in [3.05, 3.63) is 0 Å². The highest BCUT2D eigenvalue weighted by Crippen LogP contribution is 2.46. The Balaban J connectivity index is 0.00000108.